The molecule has 24 heavy (non-hydrogen) atoms. The molecule has 0 fully saturated rings. The molecule has 1 heterocycles. The number of amides is 1. The average molecular weight is 323 g/mol. The second kappa shape index (κ2) is 7.30. The minimum absolute atomic E-state index is 0.00500. The Morgan fingerprint density at radius 3 is 2.62 bits per heavy atom. The van der Waals surface area contributed by atoms with Crippen LogP contribution < -0.4 is 9.64 Å². The van der Waals surface area contributed by atoms with Crippen LogP contribution in [0.2, 0.25) is 0 Å². The van der Waals surface area contributed by atoms with E-state index in [9.17, 15) is 9.59 Å². The van der Waals surface area contributed by atoms with Gasteiger partial charge >= 0.3 is 0 Å². The molecule has 4 nitrogen and oxygen atoms in total. The van der Waals surface area contributed by atoms with Crippen LogP contribution in [-0.4, -0.2) is 25.3 Å². The smallest absolute Gasteiger partial charge is 0.227 e. The molecule has 0 bridgehead atoms. The molecule has 0 spiro atoms. The summed E-state index contributed by atoms with van der Waals surface area (Å²) in [6.45, 7) is 0.706. The van der Waals surface area contributed by atoms with Gasteiger partial charge in [-0.15, -0.1) is 0 Å². The molecule has 0 N–H and O–H groups in total. The molecule has 2 aromatic carbocycles. The van der Waals surface area contributed by atoms with E-state index in [2.05, 4.69) is 0 Å². The molecule has 0 aromatic heterocycles. The molecule has 0 aliphatic carbocycles. The average Bonchev–Trinajstić information content (AvgIpc) is 2.65. The summed E-state index contributed by atoms with van der Waals surface area (Å²) in [5.74, 6) is 0.823. The first-order chi connectivity index (χ1) is 11.7. The maximum absolute atomic E-state index is 12.6. The summed E-state index contributed by atoms with van der Waals surface area (Å²) in [5.41, 5.74) is 2.73. The predicted molar refractivity (Wildman–Crippen MR) is 93.7 cm³/mol. The van der Waals surface area contributed by atoms with Crippen LogP contribution >= 0.6 is 0 Å². The standard InChI is InChI=1S/C20H21NO3/c1-24-17-9-10-18-16(14-17)8-5-13-21(18)20(23)12-11-19(22)15-6-3-2-4-7-15/h2-4,6-7,9-10,14H,5,8,11-13H2,1H3. The monoisotopic (exact) mass is 323 g/mol. The third-order valence-electron chi connectivity index (χ3n) is 4.37. The van der Waals surface area contributed by atoms with Crippen LogP contribution in [0.1, 0.15) is 35.2 Å². The van der Waals surface area contributed by atoms with Gasteiger partial charge in [0, 0.05) is 30.6 Å². The number of fused-ring (bicyclic) bond motifs is 1. The van der Waals surface area contributed by atoms with Crippen molar-refractivity contribution in [3.63, 3.8) is 0 Å². The lowest BCUT2D eigenvalue weighted by molar-refractivity contribution is -0.118. The fourth-order valence-electron chi connectivity index (χ4n) is 3.08. The van der Waals surface area contributed by atoms with Crippen molar-refractivity contribution in [3.05, 3.63) is 59.7 Å². The van der Waals surface area contributed by atoms with Gasteiger partial charge < -0.3 is 9.64 Å². The highest BCUT2D eigenvalue weighted by molar-refractivity contribution is 6.01. The number of hydrogen-bond donors (Lipinski definition) is 0. The van der Waals surface area contributed by atoms with Gasteiger partial charge in [0.25, 0.3) is 0 Å². The highest BCUT2D eigenvalue weighted by Gasteiger charge is 2.23. The Labute approximate surface area is 142 Å². The second-order valence-corrected chi connectivity index (χ2v) is 5.93. The van der Waals surface area contributed by atoms with Crippen molar-refractivity contribution >= 4 is 17.4 Å². The Hall–Kier alpha value is -2.62. The van der Waals surface area contributed by atoms with Crippen molar-refractivity contribution in [3.8, 4) is 5.75 Å². The van der Waals surface area contributed by atoms with E-state index >= 15 is 0 Å². The van der Waals surface area contributed by atoms with Crippen LogP contribution in [0.15, 0.2) is 48.5 Å². The van der Waals surface area contributed by atoms with E-state index in [0.29, 0.717) is 12.1 Å². The van der Waals surface area contributed by atoms with Gasteiger partial charge in [0.1, 0.15) is 5.75 Å². The molecule has 0 radical (unpaired) electrons. The van der Waals surface area contributed by atoms with E-state index in [4.69, 9.17) is 4.74 Å². The molecule has 1 aliphatic rings. The molecule has 3 rings (SSSR count). The summed E-state index contributed by atoms with van der Waals surface area (Å²) in [4.78, 5) is 26.6. The Morgan fingerprint density at radius 1 is 1.08 bits per heavy atom. The largest absolute Gasteiger partial charge is 0.497 e. The summed E-state index contributed by atoms with van der Waals surface area (Å²) < 4.78 is 5.26. The number of carbonyl (C=O) groups is 2. The van der Waals surface area contributed by atoms with Crippen molar-refractivity contribution in [2.24, 2.45) is 0 Å². The Bertz CT molecular complexity index is 740. The number of hydrogen-bond acceptors (Lipinski definition) is 3. The van der Waals surface area contributed by atoms with Crippen LogP contribution in [0.5, 0.6) is 5.75 Å². The van der Waals surface area contributed by atoms with E-state index in [1.54, 1.807) is 24.1 Å². The second-order valence-electron chi connectivity index (χ2n) is 5.93. The molecule has 0 unspecified atom stereocenters. The van der Waals surface area contributed by atoms with Crippen LogP contribution in [0.25, 0.3) is 0 Å². The van der Waals surface area contributed by atoms with Gasteiger partial charge in [-0.1, -0.05) is 30.3 Å². The van der Waals surface area contributed by atoms with Crippen LogP contribution in [0.4, 0.5) is 5.69 Å². The zero-order valence-corrected chi connectivity index (χ0v) is 13.8. The number of methoxy groups -OCH3 is 1. The van der Waals surface area contributed by atoms with E-state index in [0.717, 1.165) is 29.8 Å². The lowest BCUT2D eigenvalue weighted by Gasteiger charge is -2.29. The van der Waals surface area contributed by atoms with Crippen LogP contribution in [0.3, 0.4) is 0 Å². The van der Waals surface area contributed by atoms with Crippen LogP contribution in [-0.2, 0) is 11.2 Å². The Kier molecular flexibility index (Phi) is 4.94. The minimum atomic E-state index is 0.00500. The normalized spacial score (nSPS) is 13.3. The molecule has 2 aromatic rings. The molecule has 0 saturated carbocycles. The lowest BCUT2D eigenvalue weighted by atomic mass is 10.00. The summed E-state index contributed by atoms with van der Waals surface area (Å²) in [5, 5.41) is 0. The summed E-state index contributed by atoms with van der Waals surface area (Å²) >= 11 is 0. The molecular formula is C20H21NO3. The predicted octanol–water partition coefficient (Wildman–Crippen LogP) is 3.64. The zero-order valence-electron chi connectivity index (χ0n) is 13.8. The maximum atomic E-state index is 12.6. The van der Waals surface area contributed by atoms with Crippen molar-refractivity contribution in [1.82, 2.24) is 0 Å². The van der Waals surface area contributed by atoms with Gasteiger partial charge in [-0.3, -0.25) is 9.59 Å². The number of ether oxygens (including phenoxy) is 1. The van der Waals surface area contributed by atoms with Gasteiger partial charge in [0.05, 0.1) is 7.11 Å². The number of aryl methyl sites for hydroxylation is 1. The first-order valence-electron chi connectivity index (χ1n) is 8.24. The van der Waals surface area contributed by atoms with Gasteiger partial charge in [-0.25, -0.2) is 0 Å². The molecular weight excluding hydrogens is 302 g/mol. The fraction of sp³-hybridized carbons (Fsp3) is 0.300. The van der Waals surface area contributed by atoms with Crippen molar-refractivity contribution in [2.75, 3.05) is 18.6 Å². The first kappa shape index (κ1) is 16.2. The number of ketones is 1. The number of anilines is 1. The highest BCUT2D eigenvalue weighted by atomic mass is 16.5. The quantitative estimate of drug-likeness (QED) is 0.789. The number of nitrogens with zero attached hydrogens (tertiary/aromatic N) is 1. The van der Waals surface area contributed by atoms with Crippen molar-refractivity contribution in [1.29, 1.82) is 0 Å². The molecule has 0 saturated heterocycles. The van der Waals surface area contributed by atoms with E-state index in [1.807, 2.05) is 36.4 Å². The van der Waals surface area contributed by atoms with Crippen LogP contribution in [0, 0.1) is 0 Å². The maximum Gasteiger partial charge on any atom is 0.227 e. The molecule has 1 amide bonds. The summed E-state index contributed by atoms with van der Waals surface area (Å²) in [6.07, 6.45) is 2.35. The minimum Gasteiger partial charge on any atom is -0.497 e. The van der Waals surface area contributed by atoms with E-state index in [-0.39, 0.29) is 24.5 Å². The fourth-order valence-corrected chi connectivity index (χ4v) is 3.08. The van der Waals surface area contributed by atoms with E-state index in [1.165, 1.54) is 0 Å². The summed E-state index contributed by atoms with van der Waals surface area (Å²) in [7, 11) is 1.64. The molecule has 1 aliphatic heterocycles. The highest BCUT2D eigenvalue weighted by Crippen LogP contribution is 2.31. The number of benzene rings is 2. The Morgan fingerprint density at radius 2 is 1.88 bits per heavy atom. The third-order valence-corrected chi connectivity index (χ3v) is 4.37. The SMILES string of the molecule is COc1ccc2c(c1)CCCN2C(=O)CCC(=O)c1ccccc1. The lowest BCUT2D eigenvalue weighted by Crippen LogP contribution is -2.35. The summed E-state index contributed by atoms with van der Waals surface area (Å²) in [6, 6.07) is 14.9. The van der Waals surface area contributed by atoms with Crippen molar-refractivity contribution in [2.45, 2.75) is 25.7 Å². The zero-order chi connectivity index (χ0) is 16.9. The van der Waals surface area contributed by atoms with Gasteiger partial charge in [-0.2, -0.15) is 0 Å². The number of carbonyl (C=O) groups excluding carboxylic acids is 2. The van der Waals surface area contributed by atoms with Crippen molar-refractivity contribution < 1.29 is 14.3 Å². The van der Waals surface area contributed by atoms with Gasteiger partial charge in [0.2, 0.25) is 5.91 Å². The third kappa shape index (κ3) is 3.48. The Balaban J connectivity index is 1.67. The van der Waals surface area contributed by atoms with E-state index < -0.39 is 0 Å². The number of Topliss-reactive ketones (excluding diaryl/α,β-unsaturated/α-hetero) is 1. The first-order valence-corrected chi connectivity index (χ1v) is 8.24. The number of rotatable bonds is 5. The molecule has 0 atom stereocenters. The molecule has 4 heteroatoms. The topological polar surface area (TPSA) is 46.6 Å². The van der Waals surface area contributed by atoms with Gasteiger partial charge in [0.15, 0.2) is 5.78 Å². The van der Waals surface area contributed by atoms with Gasteiger partial charge in [-0.05, 0) is 36.6 Å². The molecule has 124 valence electrons.